The van der Waals surface area contributed by atoms with Crippen molar-refractivity contribution in [3.63, 3.8) is 0 Å². The van der Waals surface area contributed by atoms with Crippen LogP contribution < -0.4 is 0 Å². The molecule has 0 aromatic rings. The van der Waals surface area contributed by atoms with Crippen LogP contribution in [-0.2, 0) is 33.8 Å². The van der Waals surface area contributed by atoms with Crippen LogP contribution in [0.5, 0.6) is 0 Å². The van der Waals surface area contributed by atoms with Gasteiger partial charge in [-0.1, -0.05) is 11.8 Å². The maximum Gasteiger partial charge on any atom is 0.460 e. The van der Waals surface area contributed by atoms with Crippen LogP contribution in [0.2, 0.25) is 0 Å². The molecule has 1 amide bonds. The van der Waals surface area contributed by atoms with E-state index in [0.717, 1.165) is 6.92 Å². The average molecular weight is 431 g/mol. The molecule has 0 unspecified atom stereocenters. The summed E-state index contributed by atoms with van der Waals surface area (Å²) >= 11 is -0.257. The fraction of sp³-hybridized carbons (Fsp3) is 0.538. The van der Waals surface area contributed by atoms with Gasteiger partial charge < -0.3 is 9.84 Å². The molecule has 150 valence electrons. The van der Waals surface area contributed by atoms with Gasteiger partial charge in [0.2, 0.25) is 5.91 Å². The van der Waals surface area contributed by atoms with Gasteiger partial charge in [-0.15, -0.1) is 0 Å². The van der Waals surface area contributed by atoms with Crippen LogP contribution in [0.3, 0.4) is 0 Å². The van der Waals surface area contributed by atoms with Gasteiger partial charge in [0, 0.05) is 18.2 Å². The first-order valence-corrected chi connectivity index (χ1v) is 9.84. The average Bonchev–Trinajstić information content (AvgIpc) is 2.50. The zero-order valence-electron chi connectivity index (χ0n) is 13.5. The Morgan fingerprint density at radius 1 is 1.33 bits per heavy atom. The summed E-state index contributed by atoms with van der Waals surface area (Å²) in [7, 11) is -4.17. The Bertz CT molecular complexity index is 848. The number of carbonyl (C=O) groups is 4. The van der Waals surface area contributed by atoms with E-state index in [-0.39, 0.29) is 17.3 Å². The number of carboxylic acid groups (broad SMARTS) is 1. The number of nitrogens with zero attached hydrogens (tertiary/aromatic N) is 1. The van der Waals surface area contributed by atoms with Crippen molar-refractivity contribution in [1.82, 2.24) is 4.90 Å². The molecule has 14 heteroatoms. The monoisotopic (exact) mass is 431 g/mol. The molecule has 1 saturated heterocycles. The molecule has 0 aliphatic carbocycles. The summed E-state index contributed by atoms with van der Waals surface area (Å²) in [5, 5.41) is 5.42. The van der Waals surface area contributed by atoms with Gasteiger partial charge in [-0.05, 0) is 0 Å². The molecule has 0 saturated carbocycles. The van der Waals surface area contributed by atoms with Crippen LogP contribution in [0, 0.1) is 5.92 Å². The van der Waals surface area contributed by atoms with Crippen molar-refractivity contribution >= 4 is 44.6 Å². The first-order valence-electron chi connectivity index (χ1n) is 7.14. The summed E-state index contributed by atoms with van der Waals surface area (Å²) in [6.45, 7) is 0.347. The lowest BCUT2D eigenvalue weighted by molar-refractivity contribution is -0.160. The number of sulfone groups is 1. The molecule has 0 radical (unpaired) electrons. The predicted octanol–water partition coefficient (Wildman–Crippen LogP) is -0.0768. The van der Waals surface area contributed by atoms with E-state index < -0.39 is 74.1 Å². The van der Waals surface area contributed by atoms with Crippen LogP contribution in [-0.4, -0.2) is 71.0 Å². The van der Waals surface area contributed by atoms with Crippen LogP contribution in [0.15, 0.2) is 11.3 Å². The zero-order chi connectivity index (χ0) is 20.7. The van der Waals surface area contributed by atoms with Crippen LogP contribution in [0.4, 0.5) is 13.2 Å². The number of rotatable bonds is 5. The van der Waals surface area contributed by atoms with Gasteiger partial charge >= 0.3 is 18.1 Å². The first-order chi connectivity index (χ1) is 12.3. The highest BCUT2D eigenvalue weighted by Crippen LogP contribution is 2.42. The molecule has 2 atom stereocenters. The molecular formula is C13H12F3NO8S2. The lowest BCUT2D eigenvalue weighted by atomic mass is 9.97. The van der Waals surface area contributed by atoms with E-state index >= 15 is 0 Å². The van der Waals surface area contributed by atoms with Crippen molar-refractivity contribution < 1.29 is 50.6 Å². The summed E-state index contributed by atoms with van der Waals surface area (Å²) in [5.74, 6) is -6.59. The van der Waals surface area contributed by atoms with Gasteiger partial charge in [0.15, 0.2) is 15.2 Å². The number of fused-ring (bicyclic) bond motifs is 1. The Morgan fingerprint density at radius 2 is 1.93 bits per heavy atom. The van der Waals surface area contributed by atoms with Crippen molar-refractivity contribution in [1.29, 1.82) is 0 Å². The molecular weight excluding hydrogens is 419 g/mol. The third kappa shape index (κ3) is 4.10. The molecule has 1 fully saturated rings. The third-order valence-corrected chi connectivity index (χ3v) is 6.80. The fourth-order valence-corrected chi connectivity index (χ4v) is 5.75. The van der Waals surface area contributed by atoms with E-state index in [2.05, 4.69) is 4.74 Å². The second kappa shape index (κ2) is 7.14. The third-order valence-electron chi connectivity index (χ3n) is 3.75. The largest absolute Gasteiger partial charge is 0.477 e. The summed E-state index contributed by atoms with van der Waals surface area (Å²) in [6, 6.07) is 0. The normalized spacial score (nSPS) is 24.1. The van der Waals surface area contributed by atoms with Crippen LogP contribution in [0.1, 0.15) is 6.92 Å². The zero-order valence-corrected chi connectivity index (χ0v) is 15.1. The van der Waals surface area contributed by atoms with E-state index in [1.54, 1.807) is 0 Å². The first kappa shape index (κ1) is 21.2. The number of carboxylic acids is 1. The lowest BCUT2D eigenvalue weighted by Gasteiger charge is -2.49. The number of ether oxygens (including phenoxy) is 1. The number of halogens is 3. The fourth-order valence-electron chi connectivity index (χ4n) is 2.69. The molecule has 2 rings (SSSR count). The number of hydrogen-bond donors (Lipinski definition) is 1. The number of esters is 1. The van der Waals surface area contributed by atoms with Crippen molar-refractivity contribution in [3.8, 4) is 0 Å². The molecule has 27 heavy (non-hydrogen) atoms. The minimum Gasteiger partial charge on any atom is -0.477 e. The van der Waals surface area contributed by atoms with Gasteiger partial charge in [-0.25, -0.2) is 13.2 Å². The Labute approximate surface area is 154 Å². The van der Waals surface area contributed by atoms with Gasteiger partial charge in [-0.3, -0.25) is 19.3 Å². The van der Waals surface area contributed by atoms with Crippen molar-refractivity contribution in [2.24, 2.45) is 5.92 Å². The lowest BCUT2D eigenvalue weighted by Crippen LogP contribution is -2.67. The number of aliphatic carboxylic acids is 1. The molecule has 0 spiro atoms. The van der Waals surface area contributed by atoms with Crippen molar-refractivity contribution in [3.05, 3.63) is 11.3 Å². The molecule has 0 bridgehead atoms. The maximum atomic E-state index is 12.4. The van der Waals surface area contributed by atoms with E-state index in [4.69, 9.17) is 0 Å². The molecule has 2 heterocycles. The highest BCUT2D eigenvalue weighted by molar-refractivity contribution is 8.13. The van der Waals surface area contributed by atoms with Crippen LogP contribution >= 0.6 is 11.8 Å². The van der Waals surface area contributed by atoms with Gasteiger partial charge in [0.05, 0.1) is 11.7 Å². The van der Waals surface area contributed by atoms with Gasteiger partial charge in [-0.2, -0.15) is 13.2 Å². The Kier molecular flexibility index (Phi) is 5.61. The highest BCUT2D eigenvalue weighted by Gasteiger charge is 2.60. The topological polar surface area (TPSA) is 135 Å². The van der Waals surface area contributed by atoms with E-state index in [1.165, 1.54) is 0 Å². The van der Waals surface area contributed by atoms with E-state index in [1.807, 2.05) is 0 Å². The minimum atomic E-state index is -5.15. The molecule has 2 aliphatic heterocycles. The number of hydrogen-bond acceptors (Lipinski definition) is 8. The number of alkyl halides is 3. The summed E-state index contributed by atoms with van der Waals surface area (Å²) < 4.78 is 66.2. The molecule has 1 N–H and O–H groups in total. The van der Waals surface area contributed by atoms with Gasteiger partial charge in [0.1, 0.15) is 12.3 Å². The Morgan fingerprint density at radius 3 is 2.41 bits per heavy atom. The highest BCUT2D eigenvalue weighted by atomic mass is 32.2. The molecule has 2 aliphatic rings. The van der Waals surface area contributed by atoms with E-state index in [0.29, 0.717) is 4.90 Å². The predicted molar refractivity (Wildman–Crippen MR) is 82.7 cm³/mol. The molecule has 9 nitrogen and oxygen atoms in total. The second-order valence-corrected chi connectivity index (χ2v) is 8.74. The van der Waals surface area contributed by atoms with Crippen molar-refractivity contribution in [2.75, 3.05) is 18.1 Å². The number of amides is 1. The van der Waals surface area contributed by atoms with E-state index in [9.17, 15) is 45.9 Å². The smallest absolute Gasteiger partial charge is 0.460 e. The Hall–Kier alpha value is -2.09. The standard InChI is InChI=1S/C13H12F3NO8S2/c1-5(18)25-2-6-4-27(23,24)10-7(3-26-12(22)13(14,15)16)9(19)17(10)8(6)11(20)21/h7,10H,2-4H2,1H3,(H,20,21)/t7-,10+/m0/s1. The summed E-state index contributed by atoms with van der Waals surface area (Å²) in [4.78, 5) is 45.9. The van der Waals surface area contributed by atoms with Crippen molar-refractivity contribution in [2.45, 2.75) is 18.5 Å². The minimum absolute atomic E-state index is 0.257. The number of carbonyl (C=O) groups excluding carboxylic acids is 3. The number of thioether (sulfide) groups is 1. The maximum absolute atomic E-state index is 12.4. The number of β-lactam (4-membered cyclic amide) rings is 1. The SMILES string of the molecule is CC(=O)OCC1=C(C(=O)O)N2C(=O)[C@H](CSC(=O)C(F)(F)F)[C@H]2S(=O)(=O)C1. The Balaban J connectivity index is 2.29. The summed E-state index contributed by atoms with van der Waals surface area (Å²) in [5.41, 5.74) is -1.02. The van der Waals surface area contributed by atoms with Gasteiger partial charge in [0.25, 0.3) is 5.12 Å². The summed E-state index contributed by atoms with van der Waals surface area (Å²) in [6.07, 6.45) is -5.15. The quantitative estimate of drug-likeness (QED) is 0.468. The molecule has 0 aromatic carbocycles. The molecule has 0 aromatic heterocycles. The van der Waals surface area contributed by atoms with Crippen LogP contribution in [0.25, 0.3) is 0 Å². The second-order valence-electron chi connectivity index (χ2n) is 5.65.